The highest BCUT2D eigenvalue weighted by molar-refractivity contribution is 5.93. The number of hydrogen-bond donors (Lipinski definition) is 1. The zero-order valence-electron chi connectivity index (χ0n) is 11.8. The molecule has 1 aromatic carbocycles. The first-order valence-electron chi connectivity index (χ1n) is 6.30. The standard InChI is InChI=1S/C15H20O5/c1-4-5-6-7-11-8-12(20-10-18-2)9-13(19-3)14(11)15(16)17/h4,8-9H,1,5-7,10H2,2-3H3,(H,16,17). The number of carbonyl (C=O) groups is 1. The largest absolute Gasteiger partial charge is 0.496 e. The molecule has 0 radical (unpaired) electrons. The van der Waals surface area contributed by atoms with Crippen LogP contribution in [0.2, 0.25) is 0 Å². The number of ether oxygens (including phenoxy) is 3. The second-order valence-electron chi connectivity index (χ2n) is 4.20. The van der Waals surface area contributed by atoms with Gasteiger partial charge in [-0.3, -0.25) is 0 Å². The molecule has 0 saturated carbocycles. The summed E-state index contributed by atoms with van der Waals surface area (Å²) < 4.78 is 15.4. The number of allylic oxidation sites excluding steroid dienone is 1. The Morgan fingerprint density at radius 2 is 2.15 bits per heavy atom. The topological polar surface area (TPSA) is 65.0 Å². The van der Waals surface area contributed by atoms with Crippen LogP contribution >= 0.6 is 0 Å². The number of benzene rings is 1. The van der Waals surface area contributed by atoms with Crippen LogP contribution in [0.15, 0.2) is 24.8 Å². The second-order valence-corrected chi connectivity index (χ2v) is 4.20. The van der Waals surface area contributed by atoms with Crippen LogP contribution < -0.4 is 9.47 Å². The van der Waals surface area contributed by atoms with Gasteiger partial charge in [0, 0.05) is 13.2 Å². The number of rotatable bonds is 9. The molecule has 0 aliphatic rings. The van der Waals surface area contributed by atoms with Crippen molar-refractivity contribution < 1.29 is 24.1 Å². The van der Waals surface area contributed by atoms with Gasteiger partial charge in [-0.2, -0.15) is 0 Å². The summed E-state index contributed by atoms with van der Waals surface area (Å²) in [7, 11) is 2.96. The van der Waals surface area contributed by atoms with Gasteiger partial charge >= 0.3 is 5.97 Å². The van der Waals surface area contributed by atoms with Crippen LogP contribution in [0.5, 0.6) is 11.5 Å². The summed E-state index contributed by atoms with van der Waals surface area (Å²) in [5, 5.41) is 9.34. The smallest absolute Gasteiger partial charge is 0.339 e. The van der Waals surface area contributed by atoms with Crippen molar-refractivity contribution in [2.75, 3.05) is 21.0 Å². The molecule has 0 aliphatic carbocycles. The Kier molecular flexibility index (Phi) is 6.59. The van der Waals surface area contributed by atoms with Crippen molar-refractivity contribution in [3.8, 4) is 11.5 Å². The fraction of sp³-hybridized carbons (Fsp3) is 0.400. The van der Waals surface area contributed by atoms with Crippen LogP contribution in [-0.4, -0.2) is 32.1 Å². The Bertz CT molecular complexity index is 468. The molecule has 0 bridgehead atoms. The van der Waals surface area contributed by atoms with Gasteiger partial charge in [-0.25, -0.2) is 4.79 Å². The number of aromatic carboxylic acids is 1. The molecule has 0 unspecified atom stereocenters. The first kappa shape index (κ1) is 16.0. The fourth-order valence-corrected chi connectivity index (χ4v) is 1.89. The van der Waals surface area contributed by atoms with Gasteiger partial charge < -0.3 is 19.3 Å². The van der Waals surface area contributed by atoms with E-state index in [4.69, 9.17) is 14.2 Å². The van der Waals surface area contributed by atoms with Crippen LogP contribution in [-0.2, 0) is 11.2 Å². The van der Waals surface area contributed by atoms with E-state index in [2.05, 4.69) is 6.58 Å². The molecular formula is C15H20O5. The minimum Gasteiger partial charge on any atom is -0.496 e. The number of methoxy groups -OCH3 is 2. The summed E-state index contributed by atoms with van der Waals surface area (Å²) in [6.45, 7) is 3.76. The Balaban J connectivity index is 3.11. The van der Waals surface area contributed by atoms with Gasteiger partial charge in [0.2, 0.25) is 0 Å². The van der Waals surface area contributed by atoms with E-state index in [0.29, 0.717) is 23.5 Å². The molecule has 5 nitrogen and oxygen atoms in total. The molecule has 0 aliphatic heterocycles. The van der Waals surface area contributed by atoms with E-state index >= 15 is 0 Å². The summed E-state index contributed by atoms with van der Waals surface area (Å²) in [6.07, 6.45) is 4.07. The molecule has 110 valence electrons. The summed E-state index contributed by atoms with van der Waals surface area (Å²) in [5.74, 6) is -0.184. The van der Waals surface area contributed by atoms with E-state index in [9.17, 15) is 9.90 Å². The summed E-state index contributed by atoms with van der Waals surface area (Å²) >= 11 is 0. The van der Waals surface area contributed by atoms with Crippen molar-refractivity contribution in [1.82, 2.24) is 0 Å². The Hall–Kier alpha value is -2.01. The lowest BCUT2D eigenvalue weighted by molar-refractivity contribution is 0.0509. The van der Waals surface area contributed by atoms with Crippen LogP contribution in [0, 0.1) is 0 Å². The van der Waals surface area contributed by atoms with Gasteiger partial charge in [0.1, 0.15) is 17.1 Å². The van der Waals surface area contributed by atoms with Crippen molar-refractivity contribution in [1.29, 1.82) is 0 Å². The number of unbranched alkanes of at least 4 members (excludes halogenated alkanes) is 1. The molecule has 1 rings (SSSR count). The normalized spacial score (nSPS) is 10.1. The number of aryl methyl sites for hydroxylation is 1. The third-order valence-electron chi connectivity index (χ3n) is 2.79. The highest BCUT2D eigenvalue weighted by Gasteiger charge is 2.18. The molecule has 20 heavy (non-hydrogen) atoms. The number of carboxylic acid groups (broad SMARTS) is 1. The molecule has 0 spiro atoms. The van der Waals surface area contributed by atoms with Gasteiger partial charge in [0.15, 0.2) is 6.79 Å². The predicted octanol–water partition coefficient (Wildman–Crippen LogP) is 2.88. The highest BCUT2D eigenvalue weighted by atomic mass is 16.7. The summed E-state index contributed by atoms with van der Waals surface area (Å²) in [5.41, 5.74) is 0.867. The Morgan fingerprint density at radius 3 is 2.70 bits per heavy atom. The molecule has 1 aromatic rings. The SMILES string of the molecule is C=CCCCc1cc(OCOC)cc(OC)c1C(=O)O. The van der Waals surface area contributed by atoms with Gasteiger partial charge in [0.05, 0.1) is 7.11 Å². The summed E-state index contributed by atoms with van der Waals surface area (Å²) in [4.78, 5) is 11.4. The average Bonchev–Trinajstić information content (AvgIpc) is 2.44. The summed E-state index contributed by atoms with van der Waals surface area (Å²) in [6, 6.07) is 3.27. The van der Waals surface area contributed by atoms with Crippen LogP contribution in [0.3, 0.4) is 0 Å². The molecule has 0 amide bonds. The zero-order chi connectivity index (χ0) is 15.0. The van der Waals surface area contributed by atoms with Gasteiger partial charge in [-0.1, -0.05) is 6.08 Å². The highest BCUT2D eigenvalue weighted by Crippen LogP contribution is 2.30. The van der Waals surface area contributed by atoms with Gasteiger partial charge in [-0.15, -0.1) is 6.58 Å². The fourth-order valence-electron chi connectivity index (χ4n) is 1.89. The predicted molar refractivity (Wildman–Crippen MR) is 75.6 cm³/mol. The van der Waals surface area contributed by atoms with Crippen molar-refractivity contribution in [3.63, 3.8) is 0 Å². The lowest BCUT2D eigenvalue weighted by Crippen LogP contribution is -2.08. The van der Waals surface area contributed by atoms with Crippen molar-refractivity contribution in [2.24, 2.45) is 0 Å². The third kappa shape index (κ3) is 4.28. The van der Waals surface area contributed by atoms with E-state index in [1.54, 1.807) is 12.1 Å². The molecule has 0 aromatic heterocycles. The molecule has 0 fully saturated rings. The van der Waals surface area contributed by atoms with E-state index < -0.39 is 5.97 Å². The van der Waals surface area contributed by atoms with E-state index in [1.807, 2.05) is 6.08 Å². The molecule has 0 heterocycles. The average molecular weight is 280 g/mol. The maximum atomic E-state index is 11.4. The molecule has 0 saturated heterocycles. The Labute approximate surface area is 118 Å². The maximum absolute atomic E-state index is 11.4. The van der Waals surface area contributed by atoms with Gasteiger partial charge in [0.25, 0.3) is 0 Å². The minimum atomic E-state index is -1.01. The number of carboxylic acids is 1. The number of hydrogen-bond acceptors (Lipinski definition) is 4. The second kappa shape index (κ2) is 8.22. The van der Waals surface area contributed by atoms with Crippen LogP contribution in [0.25, 0.3) is 0 Å². The van der Waals surface area contributed by atoms with Crippen molar-refractivity contribution in [2.45, 2.75) is 19.3 Å². The van der Waals surface area contributed by atoms with Crippen LogP contribution in [0.1, 0.15) is 28.8 Å². The van der Waals surface area contributed by atoms with Gasteiger partial charge in [-0.05, 0) is 30.9 Å². The molecule has 0 atom stereocenters. The minimum absolute atomic E-state index is 0.0989. The monoisotopic (exact) mass is 280 g/mol. The van der Waals surface area contributed by atoms with Crippen molar-refractivity contribution in [3.05, 3.63) is 35.9 Å². The molecule has 1 N–H and O–H groups in total. The quantitative estimate of drug-likeness (QED) is 0.428. The van der Waals surface area contributed by atoms with Crippen molar-refractivity contribution >= 4 is 5.97 Å². The van der Waals surface area contributed by atoms with Crippen LogP contribution in [0.4, 0.5) is 0 Å². The Morgan fingerprint density at radius 1 is 1.40 bits per heavy atom. The van der Waals surface area contributed by atoms with E-state index in [-0.39, 0.29) is 12.4 Å². The first-order valence-corrected chi connectivity index (χ1v) is 6.30. The van der Waals surface area contributed by atoms with E-state index in [0.717, 1.165) is 12.8 Å². The van der Waals surface area contributed by atoms with E-state index in [1.165, 1.54) is 14.2 Å². The first-order chi connectivity index (χ1) is 9.63. The zero-order valence-corrected chi connectivity index (χ0v) is 11.8. The molecule has 5 heteroatoms. The molecular weight excluding hydrogens is 260 g/mol. The maximum Gasteiger partial charge on any atom is 0.339 e. The lowest BCUT2D eigenvalue weighted by Gasteiger charge is -2.14. The lowest BCUT2D eigenvalue weighted by atomic mass is 10.0. The third-order valence-corrected chi connectivity index (χ3v) is 2.79.